The Kier molecular flexibility index (Phi) is 4.57. The van der Waals surface area contributed by atoms with Crippen LogP contribution in [0.25, 0.3) is 0 Å². The van der Waals surface area contributed by atoms with Gasteiger partial charge >= 0.3 is 0 Å². The van der Waals surface area contributed by atoms with Gasteiger partial charge in [-0.05, 0) is 13.1 Å². The third-order valence-electron chi connectivity index (χ3n) is 3.08. The Labute approximate surface area is 124 Å². The summed E-state index contributed by atoms with van der Waals surface area (Å²) in [5.41, 5.74) is 2.08. The summed E-state index contributed by atoms with van der Waals surface area (Å²) >= 11 is 6.21. The van der Waals surface area contributed by atoms with Crippen LogP contribution in [-0.4, -0.2) is 45.8 Å². The number of aryl methyl sites for hydroxylation is 1. The van der Waals surface area contributed by atoms with Gasteiger partial charge in [0.15, 0.2) is 0 Å². The summed E-state index contributed by atoms with van der Waals surface area (Å²) in [5.74, 6) is 0.849. The van der Waals surface area contributed by atoms with Crippen molar-refractivity contribution in [1.82, 2.24) is 24.6 Å². The number of hydrogen-bond donors (Lipinski definition) is 0. The van der Waals surface area contributed by atoms with Gasteiger partial charge in [-0.15, -0.1) is 0 Å². The second-order valence-corrected chi connectivity index (χ2v) is 5.34. The van der Waals surface area contributed by atoms with Crippen LogP contribution in [0.4, 0.5) is 5.82 Å². The summed E-state index contributed by atoms with van der Waals surface area (Å²) in [7, 11) is 7.87. The normalized spacial score (nSPS) is 11.1. The topological polar surface area (TPSA) is 50.1 Å². The van der Waals surface area contributed by atoms with Gasteiger partial charge in [0.25, 0.3) is 0 Å². The van der Waals surface area contributed by atoms with Crippen molar-refractivity contribution in [2.75, 3.05) is 26.0 Å². The van der Waals surface area contributed by atoms with Gasteiger partial charge in [0.1, 0.15) is 17.3 Å². The van der Waals surface area contributed by atoms with Crippen LogP contribution in [0.5, 0.6) is 0 Å². The molecule has 2 heterocycles. The van der Waals surface area contributed by atoms with Crippen LogP contribution in [0.1, 0.15) is 11.3 Å². The van der Waals surface area contributed by atoms with Gasteiger partial charge in [0, 0.05) is 46.0 Å². The van der Waals surface area contributed by atoms with E-state index in [1.54, 1.807) is 6.20 Å². The van der Waals surface area contributed by atoms with Crippen LogP contribution in [0.2, 0.25) is 5.15 Å². The van der Waals surface area contributed by atoms with Gasteiger partial charge in [-0.3, -0.25) is 9.58 Å². The quantitative estimate of drug-likeness (QED) is 0.783. The lowest BCUT2D eigenvalue weighted by Gasteiger charge is -2.21. The fourth-order valence-corrected chi connectivity index (χ4v) is 2.25. The number of hydrogen-bond acceptors (Lipinski definition) is 5. The van der Waals surface area contributed by atoms with Crippen molar-refractivity contribution in [2.45, 2.75) is 13.1 Å². The molecule has 7 heteroatoms. The van der Waals surface area contributed by atoms with Crippen LogP contribution >= 0.6 is 11.6 Å². The van der Waals surface area contributed by atoms with Crippen LogP contribution in [0, 0.1) is 0 Å². The minimum atomic E-state index is 0.501. The number of aromatic nitrogens is 4. The molecular formula is C13H19ClN6. The molecule has 0 spiro atoms. The van der Waals surface area contributed by atoms with Crippen molar-refractivity contribution in [1.29, 1.82) is 0 Å². The van der Waals surface area contributed by atoms with Crippen LogP contribution < -0.4 is 4.90 Å². The predicted molar refractivity (Wildman–Crippen MR) is 79.7 cm³/mol. The van der Waals surface area contributed by atoms with Crippen LogP contribution in [-0.2, 0) is 20.1 Å². The minimum absolute atomic E-state index is 0.501. The zero-order valence-electron chi connectivity index (χ0n) is 12.2. The molecule has 0 fully saturated rings. The summed E-state index contributed by atoms with van der Waals surface area (Å²) < 4.78 is 1.87. The smallest absolute Gasteiger partial charge is 0.139 e. The molecule has 0 aromatic carbocycles. The Morgan fingerprint density at radius 1 is 1.20 bits per heavy atom. The molecule has 0 radical (unpaired) electrons. The highest BCUT2D eigenvalue weighted by atomic mass is 35.5. The predicted octanol–water partition coefficient (Wildman–Crippen LogP) is 1.56. The second-order valence-electron chi connectivity index (χ2n) is 4.98. The Morgan fingerprint density at radius 2 is 1.95 bits per heavy atom. The summed E-state index contributed by atoms with van der Waals surface area (Å²) in [6.07, 6.45) is 3.29. The maximum atomic E-state index is 6.21. The molecule has 0 atom stereocenters. The molecule has 2 aromatic heterocycles. The summed E-state index contributed by atoms with van der Waals surface area (Å²) in [4.78, 5) is 12.5. The SMILES string of the molecule is CN(Cc1c(Cl)ncnc1N(C)C)Cc1ccnn1C. The van der Waals surface area contributed by atoms with Gasteiger partial charge in [-0.1, -0.05) is 11.6 Å². The molecule has 2 aromatic rings. The van der Waals surface area contributed by atoms with Crippen molar-refractivity contribution < 1.29 is 0 Å². The minimum Gasteiger partial charge on any atom is -0.362 e. The molecule has 0 N–H and O–H groups in total. The lowest BCUT2D eigenvalue weighted by molar-refractivity contribution is 0.309. The Morgan fingerprint density at radius 3 is 2.55 bits per heavy atom. The highest BCUT2D eigenvalue weighted by molar-refractivity contribution is 6.30. The van der Waals surface area contributed by atoms with E-state index in [1.165, 1.54) is 6.33 Å². The summed E-state index contributed by atoms with van der Waals surface area (Å²) in [6.45, 7) is 1.47. The van der Waals surface area contributed by atoms with E-state index in [1.807, 2.05) is 43.8 Å². The van der Waals surface area contributed by atoms with E-state index >= 15 is 0 Å². The molecular weight excluding hydrogens is 276 g/mol. The molecule has 0 aliphatic heterocycles. The molecule has 0 aliphatic rings. The molecule has 0 saturated heterocycles. The van der Waals surface area contributed by atoms with Gasteiger partial charge in [-0.2, -0.15) is 5.10 Å². The molecule has 0 aliphatic carbocycles. The lowest BCUT2D eigenvalue weighted by atomic mass is 10.2. The van der Waals surface area contributed by atoms with E-state index in [-0.39, 0.29) is 0 Å². The highest BCUT2D eigenvalue weighted by Gasteiger charge is 2.14. The zero-order valence-corrected chi connectivity index (χ0v) is 13.0. The molecule has 20 heavy (non-hydrogen) atoms. The van der Waals surface area contributed by atoms with Crippen molar-refractivity contribution in [3.8, 4) is 0 Å². The van der Waals surface area contributed by atoms with E-state index in [2.05, 4.69) is 20.0 Å². The fourth-order valence-electron chi connectivity index (χ4n) is 2.06. The van der Waals surface area contributed by atoms with E-state index in [9.17, 15) is 0 Å². The molecule has 0 saturated carbocycles. The average molecular weight is 295 g/mol. The second kappa shape index (κ2) is 6.19. The molecule has 2 rings (SSSR count). The number of halogens is 1. The maximum absolute atomic E-state index is 6.21. The third kappa shape index (κ3) is 3.26. The highest BCUT2D eigenvalue weighted by Crippen LogP contribution is 2.23. The molecule has 0 amide bonds. The Hall–Kier alpha value is -1.66. The summed E-state index contributed by atoms with van der Waals surface area (Å²) in [6, 6.07) is 2.01. The average Bonchev–Trinajstić information content (AvgIpc) is 2.77. The van der Waals surface area contributed by atoms with Crippen molar-refractivity contribution in [2.24, 2.45) is 7.05 Å². The van der Waals surface area contributed by atoms with Gasteiger partial charge in [0.2, 0.25) is 0 Å². The maximum Gasteiger partial charge on any atom is 0.139 e. The monoisotopic (exact) mass is 294 g/mol. The molecule has 0 unspecified atom stereocenters. The first kappa shape index (κ1) is 14.7. The largest absolute Gasteiger partial charge is 0.362 e. The molecule has 108 valence electrons. The van der Waals surface area contributed by atoms with E-state index in [0.29, 0.717) is 11.7 Å². The molecule has 0 bridgehead atoms. The van der Waals surface area contributed by atoms with E-state index in [4.69, 9.17) is 11.6 Å². The first-order valence-corrected chi connectivity index (χ1v) is 6.69. The van der Waals surface area contributed by atoms with Gasteiger partial charge in [0.05, 0.1) is 5.69 Å². The lowest BCUT2D eigenvalue weighted by Crippen LogP contribution is -2.22. The Bertz CT molecular complexity index is 580. The van der Waals surface area contributed by atoms with Crippen LogP contribution in [0.15, 0.2) is 18.6 Å². The summed E-state index contributed by atoms with van der Waals surface area (Å²) in [5, 5.41) is 4.67. The van der Waals surface area contributed by atoms with Crippen LogP contribution in [0.3, 0.4) is 0 Å². The first-order valence-electron chi connectivity index (χ1n) is 6.31. The van der Waals surface area contributed by atoms with Gasteiger partial charge < -0.3 is 4.90 Å². The number of rotatable bonds is 5. The fraction of sp³-hybridized carbons (Fsp3) is 0.462. The van der Waals surface area contributed by atoms with E-state index < -0.39 is 0 Å². The van der Waals surface area contributed by atoms with E-state index in [0.717, 1.165) is 23.6 Å². The van der Waals surface area contributed by atoms with Crippen molar-refractivity contribution in [3.63, 3.8) is 0 Å². The van der Waals surface area contributed by atoms with Crippen molar-refractivity contribution in [3.05, 3.63) is 35.0 Å². The Balaban J connectivity index is 2.15. The number of nitrogens with zero attached hydrogens (tertiary/aromatic N) is 6. The zero-order chi connectivity index (χ0) is 14.7. The van der Waals surface area contributed by atoms with Crippen molar-refractivity contribution >= 4 is 17.4 Å². The molecule has 6 nitrogen and oxygen atoms in total. The first-order chi connectivity index (χ1) is 9.49. The third-order valence-corrected chi connectivity index (χ3v) is 3.40. The number of anilines is 1. The van der Waals surface area contributed by atoms with Gasteiger partial charge in [-0.25, -0.2) is 9.97 Å². The standard InChI is InChI=1S/C13H19ClN6/c1-18(2)13-11(12(14)15-9-16-13)8-19(3)7-10-5-6-17-20(10)4/h5-6,9H,7-8H2,1-4H3.